The van der Waals surface area contributed by atoms with Crippen LogP contribution in [0.15, 0.2) is 53.4 Å². The number of nitrogens with one attached hydrogen (secondary N) is 1. The van der Waals surface area contributed by atoms with Crippen LogP contribution < -0.4 is 10.2 Å². The van der Waals surface area contributed by atoms with Gasteiger partial charge in [-0.3, -0.25) is 0 Å². The highest BCUT2D eigenvalue weighted by Crippen LogP contribution is 2.25. The van der Waals surface area contributed by atoms with E-state index < -0.39 is 6.09 Å². The third-order valence-electron chi connectivity index (χ3n) is 5.58. The number of piperidine rings is 1. The maximum Gasteiger partial charge on any atom is 0.407 e. The fraction of sp³-hybridized carbons (Fsp3) is 0.333. The normalized spacial score (nSPS) is 14.0. The molecule has 0 radical (unpaired) electrons. The van der Waals surface area contributed by atoms with Gasteiger partial charge in [0.15, 0.2) is 0 Å². The molecule has 1 saturated heterocycles. The molecule has 1 N–H and O–H groups in total. The van der Waals surface area contributed by atoms with E-state index in [1.54, 1.807) is 5.51 Å². The van der Waals surface area contributed by atoms with Crippen LogP contribution in [0.1, 0.15) is 24.1 Å². The molecular formula is C24H25N5O2S. The van der Waals surface area contributed by atoms with Gasteiger partial charge in [0, 0.05) is 30.6 Å². The lowest BCUT2D eigenvalue weighted by molar-refractivity contribution is 0.136. The van der Waals surface area contributed by atoms with Crippen LogP contribution in [0.2, 0.25) is 0 Å². The van der Waals surface area contributed by atoms with Crippen molar-refractivity contribution in [3.63, 3.8) is 0 Å². The summed E-state index contributed by atoms with van der Waals surface area (Å²) in [7, 11) is 0. The van der Waals surface area contributed by atoms with Crippen LogP contribution in [-0.2, 0) is 17.8 Å². The number of rotatable bonds is 7. The van der Waals surface area contributed by atoms with Crippen LogP contribution in [0.4, 0.5) is 10.6 Å². The molecule has 0 bridgehead atoms. The number of thiazole rings is 1. The molecule has 3 aromatic rings. The molecule has 7 nitrogen and oxygen atoms in total. The Bertz CT molecular complexity index is 1050. The zero-order valence-corrected chi connectivity index (χ0v) is 18.6. The Kier molecular flexibility index (Phi) is 7.31. The van der Waals surface area contributed by atoms with Crippen molar-refractivity contribution in [1.29, 1.82) is 5.26 Å². The number of carbonyl (C=O) groups excluding carboxylic acids is 1. The third kappa shape index (κ3) is 5.83. The maximum atomic E-state index is 11.9. The highest BCUT2D eigenvalue weighted by atomic mass is 32.1. The number of hydrogen-bond donors (Lipinski definition) is 1. The molecule has 164 valence electrons. The number of nitriles is 1. The van der Waals surface area contributed by atoms with Crippen LogP contribution >= 0.6 is 11.3 Å². The van der Waals surface area contributed by atoms with E-state index in [-0.39, 0.29) is 6.61 Å². The van der Waals surface area contributed by atoms with E-state index in [0.717, 1.165) is 54.3 Å². The lowest BCUT2D eigenvalue weighted by Crippen LogP contribution is -2.39. The molecule has 1 aliphatic rings. The standard InChI is InChI=1S/C24H25N5O2S/c25-11-8-18-4-6-20(7-5-18)22-2-1-3-23(28-22)29-12-9-19(10-13-29)14-26-24(30)31-15-21-16-32-17-27-21/h1-7,16-17,19H,8-10,12-15H2,(H,26,30). The van der Waals surface area contributed by atoms with Gasteiger partial charge >= 0.3 is 6.09 Å². The minimum atomic E-state index is -0.393. The molecule has 2 aromatic heterocycles. The summed E-state index contributed by atoms with van der Waals surface area (Å²) in [5.41, 5.74) is 5.48. The largest absolute Gasteiger partial charge is 0.443 e. The molecule has 8 heteroatoms. The molecule has 0 atom stereocenters. The van der Waals surface area contributed by atoms with Crippen molar-refractivity contribution in [3.05, 3.63) is 64.6 Å². The predicted molar refractivity (Wildman–Crippen MR) is 124 cm³/mol. The van der Waals surface area contributed by atoms with Crippen molar-refractivity contribution in [2.75, 3.05) is 24.5 Å². The summed E-state index contributed by atoms with van der Waals surface area (Å²) >= 11 is 1.48. The molecule has 1 aromatic carbocycles. The first-order valence-electron chi connectivity index (χ1n) is 10.7. The summed E-state index contributed by atoms with van der Waals surface area (Å²) in [6.45, 7) is 2.62. The first kappa shape index (κ1) is 21.8. The summed E-state index contributed by atoms with van der Waals surface area (Å²) in [5.74, 6) is 1.40. The molecule has 0 unspecified atom stereocenters. The van der Waals surface area contributed by atoms with Crippen molar-refractivity contribution in [2.45, 2.75) is 25.9 Å². The lowest BCUT2D eigenvalue weighted by atomic mass is 9.97. The van der Waals surface area contributed by atoms with Gasteiger partial charge in [0.2, 0.25) is 0 Å². The Hall–Kier alpha value is -3.44. The molecule has 0 spiro atoms. The Morgan fingerprint density at radius 1 is 1.22 bits per heavy atom. The van der Waals surface area contributed by atoms with Crippen molar-refractivity contribution in [3.8, 4) is 17.3 Å². The van der Waals surface area contributed by atoms with Gasteiger partial charge in [-0.1, -0.05) is 30.3 Å². The van der Waals surface area contributed by atoms with Crippen LogP contribution in [-0.4, -0.2) is 35.7 Å². The molecule has 0 aliphatic carbocycles. The third-order valence-corrected chi connectivity index (χ3v) is 6.21. The van der Waals surface area contributed by atoms with E-state index in [4.69, 9.17) is 15.0 Å². The highest BCUT2D eigenvalue weighted by Gasteiger charge is 2.21. The van der Waals surface area contributed by atoms with Gasteiger partial charge in [-0.15, -0.1) is 11.3 Å². The number of amides is 1. The van der Waals surface area contributed by atoms with E-state index in [0.29, 0.717) is 18.9 Å². The number of hydrogen-bond acceptors (Lipinski definition) is 7. The van der Waals surface area contributed by atoms with E-state index in [1.807, 2.05) is 47.8 Å². The highest BCUT2D eigenvalue weighted by molar-refractivity contribution is 7.07. The van der Waals surface area contributed by atoms with Gasteiger partial charge in [0.1, 0.15) is 12.4 Å². The first-order valence-corrected chi connectivity index (χ1v) is 11.6. The zero-order valence-electron chi connectivity index (χ0n) is 17.7. The molecule has 4 rings (SSSR count). The lowest BCUT2D eigenvalue weighted by Gasteiger charge is -2.33. The fourth-order valence-corrected chi connectivity index (χ4v) is 4.28. The summed E-state index contributed by atoms with van der Waals surface area (Å²) in [5, 5.41) is 13.6. The van der Waals surface area contributed by atoms with Crippen molar-refractivity contribution in [2.24, 2.45) is 5.92 Å². The minimum absolute atomic E-state index is 0.205. The Balaban J connectivity index is 1.25. The van der Waals surface area contributed by atoms with Gasteiger partial charge < -0.3 is 15.0 Å². The minimum Gasteiger partial charge on any atom is -0.443 e. The van der Waals surface area contributed by atoms with Crippen LogP contribution in [0, 0.1) is 17.2 Å². The van der Waals surface area contributed by atoms with E-state index in [2.05, 4.69) is 21.3 Å². The number of alkyl carbamates (subject to hydrolysis) is 1. The second kappa shape index (κ2) is 10.7. The second-order valence-electron chi connectivity index (χ2n) is 7.78. The summed E-state index contributed by atoms with van der Waals surface area (Å²) in [6, 6.07) is 16.3. The number of ether oxygens (including phenoxy) is 1. The fourth-order valence-electron chi connectivity index (χ4n) is 3.74. The average Bonchev–Trinajstić information content (AvgIpc) is 3.36. The van der Waals surface area contributed by atoms with Crippen molar-refractivity contribution < 1.29 is 9.53 Å². The zero-order chi connectivity index (χ0) is 22.2. The average molecular weight is 448 g/mol. The number of nitrogens with zero attached hydrogens (tertiary/aromatic N) is 4. The van der Waals surface area contributed by atoms with Crippen LogP contribution in [0.25, 0.3) is 11.3 Å². The number of carbonyl (C=O) groups is 1. The summed E-state index contributed by atoms with van der Waals surface area (Å²) in [6.07, 6.45) is 2.00. The molecule has 3 heterocycles. The number of aromatic nitrogens is 2. The van der Waals surface area contributed by atoms with E-state index in [1.165, 1.54) is 11.3 Å². The van der Waals surface area contributed by atoms with E-state index in [9.17, 15) is 4.79 Å². The van der Waals surface area contributed by atoms with Gasteiger partial charge in [0.25, 0.3) is 0 Å². The number of benzene rings is 1. The van der Waals surface area contributed by atoms with Crippen LogP contribution in [0.5, 0.6) is 0 Å². The molecule has 1 fully saturated rings. The smallest absolute Gasteiger partial charge is 0.407 e. The number of anilines is 1. The first-order chi connectivity index (χ1) is 15.7. The summed E-state index contributed by atoms with van der Waals surface area (Å²) < 4.78 is 5.20. The van der Waals surface area contributed by atoms with Gasteiger partial charge in [-0.2, -0.15) is 5.26 Å². The van der Waals surface area contributed by atoms with Crippen LogP contribution in [0.3, 0.4) is 0 Å². The predicted octanol–water partition coefficient (Wildman–Crippen LogP) is 4.41. The van der Waals surface area contributed by atoms with Crippen molar-refractivity contribution in [1.82, 2.24) is 15.3 Å². The van der Waals surface area contributed by atoms with Gasteiger partial charge in [-0.05, 0) is 36.5 Å². The van der Waals surface area contributed by atoms with Crippen molar-refractivity contribution >= 4 is 23.2 Å². The monoisotopic (exact) mass is 447 g/mol. The Morgan fingerprint density at radius 2 is 2.03 bits per heavy atom. The SMILES string of the molecule is N#CCc1ccc(-c2cccc(N3CCC(CNC(=O)OCc4cscn4)CC3)n2)cc1. The Labute approximate surface area is 191 Å². The molecular weight excluding hydrogens is 422 g/mol. The number of pyridine rings is 1. The molecule has 0 saturated carbocycles. The summed E-state index contributed by atoms with van der Waals surface area (Å²) in [4.78, 5) is 23.2. The quantitative estimate of drug-likeness (QED) is 0.577. The van der Waals surface area contributed by atoms with Gasteiger partial charge in [0.05, 0.1) is 29.4 Å². The molecule has 32 heavy (non-hydrogen) atoms. The Morgan fingerprint density at radius 3 is 2.75 bits per heavy atom. The maximum absolute atomic E-state index is 11.9. The molecule has 1 amide bonds. The molecule has 1 aliphatic heterocycles. The van der Waals surface area contributed by atoms with E-state index >= 15 is 0 Å². The van der Waals surface area contributed by atoms with Gasteiger partial charge in [-0.25, -0.2) is 14.8 Å². The topological polar surface area (TPSA) is 91.1 Å². The second-order valence-corrected chi connectivity index (χ2v) is 8.50.